The van der Waals surface area contributed by atoms with Crippen LogP contribution in [0.25, 0.3) is 11.4 Å². The van der Waals surface area contributed by atoms with E-state index in [4.69, 9.17) is 14.7 Å². The van der Waals surface area contributed by atoms with E-state index in [0.29, 0.717) is 36.0 Å². The monoisotopic (exact) mass is 409 g/mol. The lowest BCUT2D eigenvalue weighted by molar-refractivity contribution is -0.127. The third kappa shape index (κ3) is 3.53. The predicted octanol–water partition coefficient (Wildman–Crippen LogP) is 1.45. The first kappa shape index (κ1) is 18.9. The van der Waals surface area contributed by atoms with Gasteiger partial charge >= 0.3 is 6.09 Å². The van der Waals surface area contributed by atoms with Gasteiger partial charge in [-0.15, -0.1) is 0 Å². The molecule has 3 N–H and O–H groups in total. The summed E-state index contributed by atoms with van der Waals surface area (Å²) < 4.78 is 38.7. The van der Waals surface area contributed by atoms with E-state index in [0.717, 1.165) is 4.90 Å². The van der Waals surface area contributed by atoms with Crippen LogP contribution < -0.4 is 20.4 Å². The number of imidazole rings is 1. The highest BCUT2D eigenvalue weighted by Crippen LogP contribution is 2.36. The molecule has 1 fully saturated rings. The number of anilines is 2. The number of hydrogen-bond donors (Lipinski definition) is 3. The quantitative estimate of drug-likeness (QED) is 0.505. The summed E-state index contributed by atoms with van der Waals surface area (Å²) in [6, 6.07) is 3.66. The number of nitrogens with zero attached hydrogens (tertiary/aromatic N) is 3. The van der Waals surface area contributed by atoms with Crippen LogP contribution in [0.2, 0.25) is 0 Å². The third-order valence-corrected chi connectivity index (χ3v) is 4.60. The minimum absolute atomic E-state index is 0.0856. The number of carbonyl (C=O) groups excluding carboxylic acids is 2. The smallest absolute Gasteiger partial charge is 0.416 e. The van der Waals surface area contributed by atoms with E-state index in [9.17, 15) is 18.4 Å². The van der Waals surface area contributed by atoms with E-state index in [1.165, 1.54) is 11.7 Å². The molecule has 10 nitrogen and oxygen atoms in total. The van der Waals surface area contributed by atoms with Gasteiger partial charge in [-0.1, -0.05) is 0 Å². The zero-order valence-corrected chi connectivity index (χ0v) is 15.0. The fourth-order valence-corrected chi connectivity index (χ4v) is 3.20. The number of rotatable bonds is 5. The van der Waals surface area contributed by atoms with Gasteiger partial charge in [-0.3, -0.25) is 10.0 Å². The molecule has 0 spiro atoms. The van der Waals surface area contributed by atoms with Gasteiger partial charge < -0.3 is 19.4 Å². The predicted molar refractivity (Wildman–Crippen MR) is 95.2 cm³/mol. The molecule has 0 radical (unpaired) electrons. The Bertz CT molecular complexity index is 950. The van der Waals surface area contributed by atoms with Gasteiger partial charge in [0.25, 0.3) is 12.3 Å². The van der Waals surface area contributed by atoms with Gasteiger partial charge in [-0.05, 0) is 12.1 Å². The van der Waals surface area contributed by atoms with Gasteiger partial charge in [0.1, 0.15) is 30.8 Å². The molecule has 0 aliphatic carbocycles. The molecule has 3 heterocycles. The van der Waals surface area contributed by atoms with Crippen molar-refractivity contribution in [3.8, 4) is 17.1 Å². The van der Waals surface area contributed by atoms with Gasteiger partial charge in [0.2, 0.25) is 0 Å². The average Bonchev–Trinajstić information content (AvgIpc) is 3.25. The molecule has 29 heavy (non-hydrogen) atoms. The fourth-order valence-electron chi connectivity index (χ4n) is 3.20. The Hall–Kier alpha value is -3.41. The first-order chi connectivity index (χ1) is 14.0. The maximum absolute atomic E-state index is 13.3. The van der Waals surface area contributed by atoms with E-state index in [1.807, 2.05) is 0 Å². The molecule has 2 aliphatic heterocycles. The van der Waals surface area contributed by atoms with Gasteiger partial charge in [-0.25, -0.2) is 28.9 Å². The van der Waals surface area contributed by atoms with Crippen LogP contribution in [0.4, 0.5) is 25.1 Å². The molecule has 12 heteroatoms. The highest BCUT2D eigenvalue weighted by molar-refractivity contribution is 5.89. The molecule has 154 valence electrons. The summed E-state index contributed by atoms with van der Waals surface area (Å²) in [5.74, 6) is 0.416. The number of alkyl halides is 2. The molecular formula is C17H17F2N5O5. The highest BCUT2D eigenvalue weighted by atomic mass is 19.3. The lowest BCUT2D eigenvalue weighted by atomic mass is 10.1. The van der Waals surface area contributed by atoms with Gasteiger partial charge in [-0.2, -0.15) is 0 Å². The van der Waals surface area contributed by atoms with Crippen LogP contribution in [0.5, 0.6) is 5.75 Å². The van der Waals surface area contributed by atoms with Crippen LogP contribution >= 0.6 is 0 Å². The Morgan fingerprint density at radius 2 is 2.21 bits per heavy atom. The van der Waals surface area contributed by atoms with Crippen LogP contribution in [-0.2, 0) is 16.1 Å². The minimum atomic E-state index is -2.76. The van der Waals surface area contributed by atoms with Crippen molar-refractivity contribution in [3.05, 3.63) is 24.4 Å². The van der Waals surface area contributed by atoms with Crippen molar-refractivity contribution in [3.63, 3.8) is 0 Å². The number of aromatic nitrogens is 2. The molecule has 2 amide bonds. The van der Waals surface area contributed by atoms with E-state index < -0.39 is 31.1 Å². The Morgan fingerprint density at radius 1 is 1.38 bits per heavy atom. The maximum Gasteiger partial charge on any atom is 0.416 e. The molecule has 1 aromatic heterocycles. The summed E-state index contributed by atoms with van der Waals surface area (Å²) in [5.41, 5.74) is 2.70. The van der Waals surface area contributed by atoms with E-state index in [2.05, 4.69) is 10.3 Å². The lowest BCUT2D eigenvalue weighted by Gasteiger charge is -2.17. The number of nitrogens with one attached hydrogen (secondary N) is 2. The summed E-state index contributed by atoms with van der Waals surface area (Å²) in [4.78, 5) is 28.4. The van der Waals surface area contributed by atoms with Crippen molar-refractivity contribution in [2.45, 2.75) is 19.0 Å². The number of carbonyl (C=O) groups is 2. The molecule has 4 rings (SSSR count). The van der Waals surface area contributed by atoms with Gasteiger partial charge in [0, 0.05) is 18.0 Å². The highest BCUT2D eigenvalue weighted by Gasteiger charge is 2.42. The third-order valence-electron chi connectivity index (χ3n) is 4.60. The van der Waals surface area contributed by atoms with Crippen molar-refractivity contribution >= 4 is 23.5 Å². The van der Waals surface area contributed by atoms with Crippen LogP contribution in [-0.4, -0.2) is 59.0 Å². The van der Waals surface area contributed by atoms with Crippen molar-refractivity contribution < 1.29 is 33.1 Å². The van der Waals surface area contributed by atoms with E-state index >= 15 is 0 Å². The summed E-state index contributed by atoms with van der Waals surface area (Å²) in [6.45, 7) is 0.156. The number of ether oxygens (including phenoxy) is 2. The summed E-state index contributed by atoms with van der Waals surface area (Å²) >= 11 is 0. The molecule has 1 atom stereocenters. The number of hydrogen-bond acceptors (Lipinski definition) is 7. The lowest BCUT2D eigenvalue weighted by Crippen LogP contribution is -2.38. The van der Waals surface area contributed by atoms with Crippen LogP contribution in [0, 0.1) is 0 Å². The van der Waals surface area contributed by atoms with Gasteiger partial charge in [0.05, 0.1) is 18.7 Å². The Morgan fingerprint density at radius 3 is 2.97 bits per heavy atom. The summed E-state index contributed by atoms with van der Waals surface area (Å²) in [7, 11) is 0. The molecule has 2 aromatic rings. The summed E-state index contributed by atoms with van der Waals surface area (Å²) in [5, 5.41) is 11.4. The number of benzene rings is 1. The van der Waals surface area contributed by atoms with Gasteiger partial charge in [0.15, 0.2) is 5.82 Å². The van der Waals surface area contributed by atoms with Crippen molar-refractivity contribution in [2.24, 2.45) is 0 Å². The first-order valence-electron chi connectivity index (χ1n) is 8.73. The molecular weight excluding hydrogens is 392 g/mol. The van der Waals surface area contributed by atoms with Crippen LogP contribution in [0.3, 0.4) is 0 Å². The number of halogens is 2. The zero-order valence-electron chi connectivity index (χ0n) is 15.0. The number of hydroxylamine groups is 1. The van der Waals surface area contributed by atoms with Crippen molar-refractivity contribution in [2.75, 3.05) is 30.0 Å². The van der Waals surface area contributed by atoms with Crippen LogP contribution in [0.1, 0.15) is 0 Å². The second kappa shape index (κ2) is 7.54. The molecule has 0 saturated carbocycles. The number of amides is 2. The zero-order chi connectivity index (χ0) is 20.5. The van der Waals surface area contributed by atoms with E-state index in [-0.39, 0.29) is 12.4 Å². The Labute approximate surface area is 163 Å². The molecule has 0 bridgehead atoms. The maximum atomic E-state index is 13.3. The first-order valence-corrected chi connectivity index (χ1v) is 8.73. The summed E-state index contributed by atoms with van der Waals surface area (Å²) in [6.07, 6.45) is -2.10. The fraction of sp³-hybridized carbons (Fsp3) is 0.353. The second-order valence-corrected chi connectivity index (χ2v) is 6.41. The average molecular weight is 409 g/mol. The normalized spacial score (nSPS) is 17.9. The van der Waals surface area contributed by atoms with E-state index in [1.54, 1.807) is 22.8 Å². The Kier molecular flexibility index (Phi) is 4.92. The minimum Gasteiger partial charge on any atom is -0.491 e. The van der Waals surface area contributed by atoms with Crippen LogP contribution in [0.15, 0.2) is 24.4 Å². The standard InChI is InChI=1S/C17H17F2N5O5/c18-15(19)11-8-29-17(26)24(11)13-7-23-3-4-28-12-5-9(20-6-14(25)22-27)1-2-10(12)16(23)21-13/h1-2,5,7,11,15,20,27H,3-4,6,8H2,(H,22,25). The Balaban J connectivity index is 1.65. The largest absolute Gasteiger partial charge is 0.491 e. The molecule has 1 saturated heterocycles. The topological polar surface area (TPSA) is 118 Å². The molecule has 1 aromatic carbocycles. The van der Waals surface area contributed by atoms with Crippen molar-refractivity contribution in [1.82, 2.24) is 15.0 Å². The number of cyclic esters (lactones) is 1. The second-order valence-electron chi connectivity index (χ2n) is 6.41. The molecule has 2 aliphatic rings. The number of fused-ring (bicyclic) bond motifs is 3. The van der Waals surface area contributed by atoms with Crippen molar-refractivity contribution in [1.29, 1.82) is 0 Å². The SMILES string of the molecule is O=C(CNc1ccc2c(c1)OCCn1cc(N3C(=O)OCC3C(F)F)nc1-2)NO. The molecule has 1 unspecified atom stereocenters.